The Labute approximate surface area is 218 Å². The number of rotatable bonds is 9. The summed E-state index contributed by atoms with van der Waals surface area (Å²) in [4.78, 5) is 39.5. The van der Waals surface area contributed by atoms with Crippen LogP contribution in [0.3, 0.4) is 0 Å². The average Bonchev–Trinajstić information content (AvgIpc) is 2.81. The molecule has 3 rings (SSSR count). The van der Waals surface area contributed by atoms with Gasteiger partial charge in [-0.2, -0.15) is 0 Å². The molecule has 1 heterocycles. The Morgan fingerprint density at radius 3 is 2.06 bits per heavy atom. The number of nitrogens with one attached hydrogen (secondary N) is 1. The van der Waals surface area contributed by atoms with E-state index in [1.54, 1.807) is 18.7 Å². The molecular formula is C28H35N5O2S. The first-order chi connectivity index (χ1) is 17.0. The van der Waals surface area contributed by atoms with Crippen molar-refractivity contribution < 1.29 is 9.59 Å². The second-order valence-electron chi connectivity index (χ2n) is 9.64. The summed E-state index contributed by atoms with van der Waals surface area (Å²) >= 11 is 1.28. The lowest BCUT2D eigenvalue weighted by Gasteiger charge is -2.37. The molecule has 2 aromatic carbocycles. The quantitative estimate of drug-likeness (QED) is 0.326. The lowest BCUT2D eigenvalue weighted by molar-refractivity contribution is -0.142. The van der Waals surface area contributed by atoms with Crippen molar-refractivity contribution in [1.29, 1.82) is 0 Å². The molecule has 0 aliphatic rings. The molecule has 0 saturated heterocycles. The zero-order chi connectivity index (χ0) is 26.5. The molecule has 0 aliphatic heterocycles. The topological polar surface area (TPSA) is 78.4 Å². The maximum atomic E-state index is 13.5. The van der Waals surface area contributed by atoms with E-state index in [9.17, 15) is 9.59 Å². The molecule has 0 aliphatic carbocycles. The monoisotopic (exact) mass is 505 g/mol. The van der Waals surface area contributed by atoms with Crippen LogP contribution in [-0.4, -0.2) is 52.1 Å². The molecule has 1 aromatic heterocycles. The Hall–Kier alpha value is -3.39. The summed E-state index contributed by atoms with van der Waals surface area (Å²) in [5, 5.41) is 3.54. The van der Waals surface area contributed by atoms with Gasteiger partial charge in [-0.1, -0.05) is 41.6 Å². The molecule has 0 spiro atoms. The molecule has 0 bridgehead atoms. The minimum Gasteiger partial charge on any atom is -0.378 e. The van der Waals surface area contributed by atoms with Gasteiger partial charge in [0.05, 0.1) is 5.75 Å². The van der Waals surface area contributed by atoms with Gasteiger partial charge in [0.15, 0.2) is 5.16 Å². The number of anilines is 2. The lowest BCUT2D eigenvalue weighted by atomic mass is 9.99. The number of hydrogen-bond donors (Lipinski definition) is 1. The van der Waals surface area contributed by atoms with Crippen LogP contribution in [0.25, 0.3) is 0 Å². The van der Waals surface area contributed by atoms with Gasteiger partial charge in [-0.25, -0.2) is 9.97 Å². The van der Waals surface area contributed by atoms with Gasteiger partial charge in [0, 0.05) is 43.4 Å². The van der Waals surface area contributed by atoms with E-state index in [4.69, 9.17) is 0 Å². The van der Waals surface area contributed by atoms with Crippen molar-refractivity contribution in [3.8, 4) is 0 Å². The van der Waals surface area contributed by atoms with Crippen LogP contribution in [0, 0.1) is 20.8 Å². The Morgan fingerprint density at radius 2 is 1.50 bits per heavy atom. The molecule has 1 N–H and O–H groups in total. The third kappa shape index (κ3) is 7.07. The zero-order valence-electron chi connectivity index (χ0n) is 22.1. The largest absolute Gasteiger partial charge is 0.378 e. The van der Waals surface area contributed by atoms with Gasteiger partial charge in [-0.05, 0) is 70.5 Å². The van der Waals surface area contributed by atoms with E-state index in [1.165, 1.54) is 11.8 Å². The molecule has 0 atom stereocenters. The van der Waals surface area contributed by atoms with Crippen molar-refractivity contribution in [1.82, 2.24) is 14.9 Å². The van der Waals surface area contributed by atoms with E-state index < -0.39 is 5.54 Å². The molecule has 3 aromatic rings. The first kappa shape index (κ1) is 27.2. The molecule has 0 unspecified atom stereocenters. The second-order valence-corrected chi connectivity index (χ2v) is 10.6. The normalized spacial score (nSPS) is 11.2. The van der Waals surface area contributed by atoms with E-state index >= 15 is 0 Å². The number of aromatic nitrogens is 2. The minimum absolute atomic E-state index is 0.128. The van der Waals surface area contributed by atoms with Gasteiger partial charge in [-0.15, -0.1) is 0 Å². The van der Waals surface area contributed by atoms with Crippen molar-refractivity contribution in [2.24, 2.45) is 0 Å². The highest BCUT2D eigenvalue weighted by Gasteiger charge is 2.38. The highest BCUT2D eigenvalue weighted by molar-refractivity contribution is 7.99. The molecule has 7 nitrogen and oxygen atoms in total. The maximum Gasteiger partial charge on any atom is 0.249 e. The fourth-order valence-electron chi connectivity index (χ4n) is 3.69. The van der Waals surface area contributed by atoms with Crippen LogP contribution in [0.4, 0.5) is 11.4 Å². The Bertz CT molecular complexity index is 1190. The van der Waals surface area contributed by atoms with Gasteiger partial charge in [-0.3, -0.25) is 9.59 Å². The molecule has 0 fully saturated rings. The number of hydrogen-bond acceptors (Lipinski definition) is 6. The van der Waals surface area contributed by atoms with Crippen LogP contribution in [0.5, 0.6) is 0 Å². The van der Waals surface area contributed by atoms with E-state index in [2.05, 4.69) is 15.3 Å². The molecule has 36 heavy (non-hydrogen) atoms. The molecule has 0 saturated carbocycles. The van der Waals surface area contributed by atoms with Crippen LogP contribution >= 0.6 is 11.8 Å². The van der Waals surface area contributed by atoms with Crippen LogP contribution in [-0.2, 0) is 16.1 Å². The predicted molar refractivity (Wildman–Crippen MR) is 147 cm³/mol. The third-order valence-electron chi connectivity index (χ3n) is 5.92. The number of thioether (sulfide) groups is 1. The van der Waals surface area contributed by atoms with E-state index in [0.717, 1.165) is 28.2 Å². The molecule has 0 radical (unpaired) electrons. The Balaban J connectivity index is 1.82. The summed E-state index contributed by atoms with van der Waals surface area (Å²) in [5.41, 5.74) is 4.41. The summed E-state index contributed by atoms with van der Waals surface area (Å²) < 4.78 is 0. The van der Waals surface area contributed by atoms with Crippen LogP contribution < -0.4 is 10.2 Å². The summed E-state index contributed by atoms with van der Waals surface area (Å²) in [6.45, 7) is 9.70. The van der Waals surface area contributed by atoms with Crippen molar-refractivity contribution in [3.63, 3.8) is 0 Å². The number of benzene rings is 2. The van der Waals surface area contributed by atoms with Crippen LogP contribution in [0.15, 0.2) is 59.8 Å². The summed E-state index contributed by atoms with van der Waals surface area (Å²) in [7, 11) is 3.93. The average molecular weight is 506 g/mol. The zero-order valence-corrected chi connectivity index (χ0v) is 22.9. The number of aryl methyl sites for hydroxylation is 3. The highest BCUT2D eigenvalue weighted by atomic mass is 32.2. The first-order valence-electron chi connectivity index (χ1n) is 11.9. The molecule has 8 heteroatoms. The second kappa shape index (κ2) is 11.6. The van der Waals surface area contributed by atoms with Crippen molar-refractivity contribution in [3.05, 3.63) is 77.1 Å². The van der Waals surface area contributed by atoms with E-state index in [-0.39, 0.29) is 17.6 Å². The van der Waals surface area contributed by atoms with E-state index in [0.29, 0.717) is 17.4 Å². The number of carbonyl (C=O) groups excluding carboxylic acids is 2. The molecular weight excluding hydrogens is 470 g/mol. The SMILES string of the molecule is Cc1ccc(CN(C(=O)CSc2nc(C)cc(C)n2)C(C)(C)C(=O)Nc2ccc(N(C)C)cc2)cc1. The lowest BCUT2D eigenvalue weighted by Crippen LogP contribution is -2.55. The van der Waals surface area contributed by atoms with Gasteiger partial charge >= 0.3 is 0 Å². The standard InChI is InChI=1S/C28H35N5O2S/c1-19-8-10-22(11-9-19)17-33(25(34)18-36-27-29-20(2)16-21(3)30-27)28(4,5)26(35)31-23-12-14-24(15-13-23)32(6)7/h8-16H,17-18H2,1-7H3,(H,31,35). The third-order valence-corrected chi connectivity index (χ3v) is 6.75. The van der Waals surface area contributed by atoms with Crippen LogP contribution in [0.2, 0.25) is 0 Å². The highest BCUT2D eigenvalue weighted by Crippen LogP contribution is 2.25. The maximum absolute atomic E-state index is 13.5. The van der Waals surface area contributed by atoms with Gasteiger partial charge in [0.1, 0.15) is 5.54 Å². The smallest absolute Gasteiger partial charge is 0.249 e. The van der Waals surface area contributed by atoms with Crippen molar-refractivity contribution in [2.45, 2.75) is 51.9 Å². The van der Waals surface area contributed by atoms with Crippen molar-refractivity contribution in [2.75, 3.05) is 30.1 Å². The Morgan fingerprint density at radius 1 is 0.917 bits per heavy atom. The number of nitrogens with zero attached hydrogens (tertiary/aromatic N) is 4. The Kier molecular flexibility index (Phi) is 8.74. The number of carbonyl (C=O) groups is 2. The molecule has 2 amide bonds. The molecule has 190 valence electrons. The van der Waals surface area contributed by atoms with Crippen LogP contribution in [0.1, 0.15) is 36.4 Å². The minimum atomic E-state index is -1.11. The fraction of sp³-hybridized carbons (Fsp3) is 0.357. The summed E-state index contributed by atoms with van der Waals surface area (Å²) in [6.07, 6.45) is 0. The fourth-order valence-corrected chi connectivity index (χ4v) is 4.51. The van der Waals surface area contributed by atoms with E-state index in [1.807, 2.05) is 94.4 Å². The predicted octanol–water partition coefficient (Wildman–Crippen LogP) is 5.01. The number of amides is 2. The van der Waals surface area contributed by atoms with Crippen molar-refractivity contribution >= 4 is 35.0 Å². The first-order valence-corrected chi connectivity index (χ1v) is 12.8. The van der Waals surface area contributed by atoms with Gasteiger partial charge in [0.25, 0.3) is 0 Å². The summed E-state index contributed by atoms with van der Waals surface area (Å²) in [5.74, 6) is -0.289. The van der Waals surface area contributed by atoms with Gasteiger partial charge < -0.3 is 15.1 Å². The summed E-state index contributed by atoms with van der Waals surface area (Å²) in [6, 6.07) is 17.5. The van der Waals surface area contributed by atoms with Gasteiger partial charge in [0.2, 0.25) is 11.8 Å².